The van der Waals surface area contributed by atoms with E-state index in [1.54, 1.807) is 29.1 Å². The first-order chi connectivity index (χ1) is 29.8. The van der Waals surface area contributed by atoms with Crippen LogP contribution in [0, 0.1) is 0 Å². The zero-order valence-corrected chi connectivity index (χ0v) is 38.9. The Hall–Kier alpha value is -4.52. The molecule has 1 aliphatic carbocycles. The molecule has 5 rings (SSSR count). The van der Waals surface area contributed by atoms with Crippen molar-refractivity contribution in [3.63, 3.8) is 0 Å². The lowest BCUT2D eigenvalue weighted by molar-refractivity contribution is -0.703. The number of aliphatic hydroxyl groups excluding tert-OH is 1. The summed E-state index contributed by atoms with van der Waals surface area (Å²) in [6.07, 6.45) is 4.11. The zero-order chi connectivity index (χ0) is 46.1. The number of anilines is 1. The number of amides is 1. The molecule has 0 fully saturated rings. The summed E-state index contributed by atoms with van der Waals surface area (Å²) in [7, 11) is -13.4. The summed E-state index contributed by atoms with van der Waals surface area (Å²) < 4.78 is 88.1. The van der Waals surface area contributed by atoms with Crippen molar-refractivity contribution in [3.8, 4) is 22.5 Å². The number of nitrogens with one attached hydrogen (secondary N) is 2. The number of carbonyl (C=O) groups excluding carboxylic acids is 1. The summed E-state index contributed by atoms with van der Waals surface area (Å²) in [6.45, 7) is 12.8. The van der Waals surface area contributed by atoms with Crippen LogP contribution in [0.1, 0.15) is 65.9 Å². The van der Waals surface area contributed by atoms with E-state index in [9.17, 15) is 45.6 Å². The van der Waals surface area contributed by atoms with E-state index in [-0.39, 0.29) is 48.8 Å². The number of hydrogen-bond donors (Lipinski definition) is 6. The molecule has 0 radical (unpaired) electrons. The molecule has 342 valence electrons. The van der Waals surface area contributed by atoms with Gasteiger partial charge in [0.1, 0.15) is 35.4 Å². The van der Waals surface area contributed by atoms with Gasteiger partial charge in [-0.05, 0) is 83.4 Å². The van der Waals surface area contributed by atoms with Gasteiger partial charge in [-0.3, -0.25) is 13.9 Å². The molecule has 0 saturated heterocycles. The minimum atomic E-state index is -4.96. The van der Waals surface area contributed by atoms with Crippen LogP contribution in [0.3, 0.4) is 0 Å². The number of aliphatic hydroxyl groups is 1. The van der Waals surface area contributed by atoms with Crippen LogP contribution >= 0.6 is 7.60 Å². The Balaban J connectivity index is 1.25. The van der Waals surface area contributed by atoms with Crippen molar-refractivity contribution in [1.29, 1.82) is 0 Å². The van der Waals surface area contributed by atoms with Crippen LogP contribution in [-0.4, -0.2) is 93.2 Å². The molecular weight excluding hydrogens is 870 g/mol. The molecule has 19 heteroatoms. The maximum absolute atomic E-state index is 13.5. The predicted octanol–water partition coefficient (Wildman–Crippen LogP) is 4.52. The van der Waals surface area contributed by atoms with Crippen LogP contribution in [0.4, 0.5) is 5.69 Å². The third-order valence-corrected chi connectivity index (χ3v) is 14.8. The van der Waals surface area contributed by atoms with E-state index < -0.39 is 44.4 Å². The minimum Gasteiger partial charge on any atom is -0.456 e. The number of unbranched alkanes of at least 4 members (excludes halogenated alkanes) is 2. The van der Waals surface area contributed by atoms with E-state index in [4.69, 9.17) is 4.42 Å². The van der Waals surface area contributed by atoms with Gasteiger partial charge < -0.3 is 29.5 Å². The molecule has 0 bridgehead atoms. The Morgan fingerprint density at radius 2 is 1.63 bits per heavy atom. The maximum Gasteiger partial charge on any atom is 0.328 e. The van der Waals surface area contributed by atoms with Crippen LogP contribution in [0.15, 0.2) is 93.3 Å². The molecule has 16 nitrogen and oxygen atoms in total. The largest absolute Gasteiger partial charge is 0.456 e. The summed E-state index contributed by atoms with van der Waals surface area (Å²) in [5, 5.41) is 14.7. The highest BCUT2D eigenvalue weighted by Crippen LogP contribution is 2.44. The zero-order valence-electron chi connectivity index (χ0n) is 36.4. The molecule has 2 heterocycles. The summed E-state index contributed by atoms with van der Waals surface area (Å²) in [5.74, 6) is 0.198. The second kappa shape index (κ2) is 21.4. The number of rotatable bonds is 22. The van der Waals surface area contributed by atoms with E-state index in [0.717, 1.165) is 43.3 Å². The highest BCUT2D eigenvalue weighted by Gasteiger charge is 2.28. The number of fused-ring (bicyclic) bond motifs is 2. The van der Waals surface area contributed by atoms with E-state index in [0.29, 0.717) is 52.7 Å². The molecule has 2 unspecified atom stereocenters. The van der Waals surface area contributed by atoms with E-state index in [2.05, 4.69) is 19.5 Å². The van der Waals surface area contributed by atoms with Crippen LogP contribution in [0.25, 0.3) is 33.4 Å². The Labute approximate surface area is 369 Å². The van der Waals surface area contributed by atoms with Gasteiger partial charge in [-0.1, -0.05) is 19.4 Å². The van der Waals surface area contributed by atoms with Gasteiger partial charge in [0.05, 0.1) is 16.6 Å². The predicted molar refractivity (Wildman–Crippen MR) is 243 cm³/mol. The molecule has 1 aromatic heterocycles. The lowest BCUT2D eigenvalue weighted by atomic mass is 9.93. The van der Waals surface area contributed by atoms with Gasteiger partial charge in [0.25, 0.3) is 10.1 Å². The van der Waals surface area contributed by atoms with Crippen molar-refractivity contribution >= 4 is 50.3 Å². The van der Waals surface area contributed by atoms with Gasteiger partial charge >= 0.3 is 7.60 Å². The normalized spacial score (nSPS) is 13.3. The van der Waals surface area contributed by atoms with E-state index in [1.165, 1.54) is 19.1 Å². The molecule has 0 spiro atoms. The lowest BCUT2D eigenvalue weighted by Crippen LogP contribution is -2.44. The summed E-state index contributed by atoms with van der Waals surface area (Å²) in [4.78, 5) is 32.5. The van der Waals surface area contributed by atoms with Gasteiger partial charge in [-0.15, -0.1) is 0 Å². The first kappa shape index (κ1) is 49.5. The van der Waals surface area contributed by atoms with Crippen LogP contribution in [0.2, 0.25) is 0 Å². The van der Waals surface area contributed by atoms with Gasteiger partial charge in [0.2, 0.25) is 21.3 Å². The Bertz CT molecular complexity index is 2710. The van der Waals surface area contributed by atoms with Crippen LogP contribution in [0.5, 0.6) is 0 Å². The average molecular weight is 930 g/mol. The van der Waals surface area contributed by atoms with Crippen molar-refractivity contribution in [1.82, 2.24) is 14.6 Å². The number of nitrogens with zero attached hydrogens (tertiary/aromatic N) is 3. The molecule has 6 N–H and O–H groups in total. The molecule has 2 atom stereocenters. The number of aromatic nitrogens is 1. The molecule has 3 aromatic rings. The molecule has 2 aliphatic rings. The fourth-order valence-corrected chi connectivity index (χ4v) is 9.94. The number of carbonyl (C=O) groups is 1. The number of benzene rings is 3. The van der Waals surface area contributed by atoms with Crippen molar-refractivity contribution in [3.05, 3.63) is 90.0 Å². The number of hydrogen-bond acceptors (Lipinski definition) is 9. The molecule has 63 heavy (non-hydrogen) atoms. The highest BCUT2D eigenvalue weighted by atomic mass is 32.2. The second-order valence-corrected chi connectivity index (χ2v) is 20.7. The Morgan fingerprint density at radius 1 is 0.921 bits per heavy atom. The topological polar surface area (TPSA) is 231 Å². The molecule has 2 aromatic carbocycles. The third kappa shape index (κ3) is 12.8. The summed E-state index contributed by atoms with van der Waals surface area (Å²) in [6, 6.07) is 18.5. The third-order valence-electron chi connectivity index (χ3n) is 11.1. The number of sulfonamides is 1. The molecule has 1 amide bonds. The quantitative estimate of drug-likeness (QED) is 0.0185. The van der Waals surface area contributed by atoms with Crippen molar-refractivity contribution in [2.45, 2.75) is 94.8 Å². The van der Waals surface area contributed by atoms with Crippen LogP contribution in [-0.2, 0) is 42.5 Å². The first-order valence-electron chi connectivity index (χ1n) is 21.2. The first-order valence-corrected chi connectivity index (χ1v) is 25.8. The fraction of sp³-hybridized carbons (Fsp3) is 0.432. The van der Waals surface area contributed by atoms with Gasteiger partial charge in [0, 0.05) is 84.1 Å². The lowest BCUT2D eigenvalue weighted by Gasteiger charge is -2.22. The number of pyridine rings is 1. The Kier molecular flexibility index (Phi) is 16.8. The summed E-state index contributed by atoms with van der Waals surface area (Å²) in [5.41, 5.74) is 2.39. The van der Waals surface area contributed by atoms with Crippen molar-refractivity contribution in [2.75, 3.05) is 44.2 Å². The maximum atomic E-state index is 13.5. The van der Waals surface area contributed by atoms with Crippen molar-refractivity contribution in [2.24, 2.45) is 0 Å². The standard InChI is InChI=1S/C44H58N5O11PS2/c1-6-48(7-2)33-16-19-37-40(25-33)60-41-26-34(49(8-3)9-4)17-20-38(41)44(37)39-21-18-36(27-42(39)63(57,58)59)62(55,56)46-22-12-10-11-15-43(51)45-28-35(50)30-47-23-13-14-32(29-47)24-31(5)61(52,53)54/h13-14,16-21,23,25-27,29,31,35,46,50H,6-12,15,22,24,28,30H2,1-5H3,(H2-2,45,51,52,53,54,57,58,59)/p+2. The van der Waals surface area contributed by atoms with Gasteiger partial charge in [-0.25, -0.2) is 22.3 Å². The molecular formula is C44H60N5O11PS2+2. The van der Waals surface area contributed by atoms with Gasteiger partial charge in [-0.2, -0.15) is 8.42 Å². The average Bonchev–Trinajstić information content (AvgIpc) is 3.23. The van der Waals surface area contributed by atoms with E-state index in [1.807, 2.05) is 64.1 Å². The van der Waals surface area contributed by atoms with Gasteiger partial charge in [0.15, 0.2) is 18.9 Å². The monoisotopic (exact) mass is 929 g/mol. The highest BCUT2D eigenvalue weighted by molar-refractivity contribution is 7.89. The van der Waals surface area contributed by atoms with E-state index >= 15 is 0 Å². The fourth-order valence-electron chi connectivity index (χ4n) is 7.59. The SMILES string of the molecule is CCN(CC)c1ccc2c(-c3ccc(S(=O)(=O)NCCCCCC(=O)NCC(O)C[n+]4cccc(CC(C)P(=O)(O)O)c4)cc3S(=O)(=O)O)c3ccc(=[N+](CC)CC)cc-3oc2c1. The molecule has 0 saturated carbocycles. The minimum absolute atomic E-state index is 0.00799. The van der Waals surface area contributed by atoms with Crippen molar-refractivity contribution < 1.29 is 54.6 Å². The Morgan fingerprint density at radius 3 is 2.30 bits per heavy atom. The van der Waals surface area contributed by atoms with Crippen LogP contribution < -0.4 is 29.4 Å². The summed E-state index contributed by atoms with van der Waals surface area (Å²) >= 11 is 0. The molecule has 1 aliphatic heterocycles. The smallest absolute Gasteiger partial charge is 0.328 e. The second-order valence-electron chi connectivity index (χ2n) is 15.5.